The quantitative estimate of drug-likeness (QED) is 0.00827. The molecule has 0 aliphatic rings. The zero-order chi connectivity index (χ0) is 99.0. The summed E-state index contributed by atoms with van der Waals surface area (Å²) in [6.45, 7) is 2.95. The van der Waals surface area contributed by atoms with Gasteiger partial charge in [0.05, 0.1) is 91.8 Å². The molecule has 12 aromatic carbocycles. The summed E-state index contributed by atoms with van der Waals surface area (Å²) in [7, 11) is 18.6. The van der Waals surface area contributed by atoms with Gasteiger partial charge in [-0.2, -0.15) is 0 Å². The Kier molecular flexibility index (Phi) is 42.0. The van der Waals surface area contributed by atoms with Crippen molar-refractivity contribution in [2.45, 2.75) is 13.8 Å². The Labute approximate surface area is 851 Å². The molecule has 722 valence electrons. The summed E-state index contributed by atoms with van der Waals surface area (Å²) in [6.07, 6.45) is 2.12. The van der Waals surface area contributed by atoms with Crippen LogP contribution >= 0.6 is 11.6 Å². The van der Waals surface area contributed by atoms with E-state index in [1.54, 1.807) is 178 Å². The number of amides is 2. The number of furan rings is 6. The van der Waals surface area contributed by atoms with E-state index in [1.165, 1.54) is 85.0 Å². The van der Waals surface area contributed by atoms with E-state index >= 15 is 0 Å². The van der Waals surface area contributed by atoms with Crippen molar-refractivity contribution in [3.8, 4) is 137 Å². The number of hydrogen-bond acceptors (Lipinski definition) is 28. The maximum absolute atomic E-state index is 12.6. The van der Waals surface area contributed by atoms with Crippen LogP contribution in [0.15, 0.2) is 281 Å². The number of phenols is 6. The number of benzene rings is 12. The Bertz CT molecular complexity index is 7140. The number of aldehydes is 1. The Hall–Kier alpha value is -15.2. The molecule has 0 radical (unpaired) electrons. The minimum absolute atomic E-state index is 0. The van der Waals surface area contributed by atoms with Gasteiger partial charge >= 0.3 is 43.7 Å². The molecular formula is C106H103AlClLi2N3O28. The average molecular weight is 1940 g/mol. The molecule has 0 aliphatic carbocycles. The molecule has 35 heteroatoms. The number of halogens is 1. The number of hydroxylamine groups is 5. The number of phenolic OH excluding ortho intramolecular Hbond substituents is 6. The number of aromatic carboxylic acids is 1. The number of alkyl halides is 1. The van der Waals surface area contributed by atoms with Crippen LogP contribution in [0.3, 0.4) is 0 Å². The summed E-state index contributed by atoms with van der Waals surface area (Å²) < 4.78 is 65.9. The molecular weight excluding hydrogens is 1840 g/mol. The Morgan fingerprint density at radius 3 is 0.801 bits per heavy atom. The first-order valence-electron chi connectivity index (χ1n) is 41.3. The number of carboxylic acids is 1. The van der Waals surface area contributed by atoms with Gasteiger partial charge in [0.1, 0.15) is 143 Å². The largest absolute Gasteiger partial charge is 1.00 e. The van der Waals surface area contributed by atoms with Gasteiger partial charge in [-0.25, -0.2) is 20.4 Å². The molecule has 2 amide bonds. The number of carboxylic acid groups (broad SMARTS) is 1. The molecule has 0 fully saturated rings. The molecule has 0 saturated heterocycles. The fourth-order valence-corrected chi connectivity index (χ4v) is 13.8. The molecule has 0 saturated carbocycles. The van der Waals surface area contributed by atoms with Crippen LogP contribution in [-0.4, -0.2) is 190 Å². The number of nitrogens with one attached hydrogen (secondary N) is 1. The summed E-state index contributed by atoms with van der Waals surface area (Å²) in [5.74, 6) is 6.08. The van der Waals surface area contributed by atoms with E-state index in [9.17, 15) is 64.5 Å². The number of aromatic hydroxyl groups is 6. The third kappa shape index (κ3) is 27.9. The fraction of sp³-hybridized carbons (Fsp3) is 0.142. The van der Waals surface area contributed by atoms with Crippen LogP contribution in [0.1, 0.15) is 77.4 Å². The fourth-order valence-electron chi connectivity index (χ4n) is 13.8. The van der Waals surface area contributed by atoms with Crippen LogP contribution < -0.4 is 71.6 Å². The van der Waals surface area contributed by atoms with Gasteiger partial charge in [0.2, 0.25) is 0 Å². The Morgan fingerprint density at radius 1 is 0.319 bits per heavy atom. The van der Waals surface area contributed by atoms with E-state index in [-0.39, 0.29) is 127 Å². The third-order valence-corrected chi connectivity index (χ3v) is 20.8. The van der Waals surface area contributed by atoms with Gasteiger partial charge in [-0.3, -0.25) is 33.6 Å². The van der Waals surface area contributed by atoms with Gasteiger partial charge in [0, 0.05) is 93.2 Å². The molecule has 18 aromatic rings. The van der Waals surface area contributed by atoms with Crippen molar-refractivity contribution in [3.63, 3.8) is 0 Å². The number of Topliss-reactive ketones (excluding diaryl/α,β-unsaturated/α-hetero) is 2. The van der Waals surface area contributed by atoms with E-state index in [4.69, 9.17) is 64.6 Å². The van der Waals surface area contributed by atoms with Crippen LogP contribution in [0.25, 0.3) is 134 Å². The summed E-state index contributed by atoms with van der Waals surface area (Å²) in [6, 6.07) is 71.8. The molecule has 141 heavy (non-hydrogen) atoms. The Balaban J connectivity index is 0.000000256. The van der Waals surface area contributed by atoms with Gasteiger partial charge in [-0.1, -0.05) is 0 Å². The van der Waals surface area contributed by atoms with Gasteiger partial charge in [-0.05, 0) is 269 Å². The summed E-state index contributed by atoms with van der Waals surface area (Å²) in [5.41, 5.74) is 11.9. The van der Waals surface area contributed by atoms with Crippen LogP contribution in [0, 0.1) is 7.43 Å². The third-order valence-electron chi connectivity index (χ3n) is 20.8. The maximum Gasteiger partial charge on any atom is 1.00 e. The van der Waals surface area contributed by atoms with Crippen LogP contribution in [0.4, 0.5) is 0 Å². The summed E-state index contributed by atoms with van der Waals surface area (Å²) >= 11 is 4.64. The second-order valence-corrected chi connectivity index (χ2v) is 29.5. The van der Waals surface area contributed by atoms with Crippen molar-refractivity contribution in [2.24, 2.45) is 0 Å². The first-order chi connectivity index (χ1) is 65.9. The van der Waals surface area contributed by atoms with Crippen LogP contribution in [-0.2, 0) is 14.5 Å². The van der Waals surface area contributed by atoms with Crippen molar-refractivity contribution in [1.29, 1.82) is 0 Å². The normalized spacial score (nSPS) is 10.2. The number of fused-ring (bicyclic) bond motifs is 6. The van der Waals surface area contributed by atoms with Crippen LogP contribution in [0.5, 0.6) is 69.0 Å². The monoisotopic (exact) mass is 1940 g/mol. The molecule has 0 spiro atoms. The SMILES string of the molecule is CC(=O)c1cc(O)cc2cc(-c3ccc(O)cc3)oc12.CCl.CNOC.CON(C)C(=O)c1cc(O)cc2cc(-c3ccc(O)cc3)oc12.COc1ccc(-c2cc3cc(OC)cc(C(=O)N(C)OC)c3o2)cc1.COc1ccc(-c2cc3cc(OC)cc(C(=O)O)c3o2)cc1.COc1ccc(-c2cc3cc(OC)cc(C(C)=O)c3o2)cc1.O=Cc1cc(O)cc2cc(-c3ccc(O)cc3)oc12.[AlH3].[CH3-].[H-].[Li+].[Li+]. The number of ketones is 2. The minimum atomic E-state index is -1.06. The number of methoxy groups -OCH3 is 6. The average Bonchev–Trinajstić information content (AvgIpc) is 1.58. The number of carbonyl (C=O) groups is 6. The second-order valence-electron chi connectivity index (χ2n) is 29.5. The first kappa shape index (κ1) is 113. The first-order valence-corrected chi connectivity index (χ1v) is 42.1. The minimum Gasteiger partial charge on any atom is -1.00 e. The molecule has 0 atom stereocenters. The summed E-state index contributed by atoms with van der Waals surface area (Å²) in [4.78, 5) is 84.8. The predicted octanol–water partition coefficient (Wildman–Crippen LogP) is 16.1. The zero-order valence-corrected chi connectivity index (χ0v) is 80.6. The number of ether oxygens (including phenoxy) is 6. The topological polar surface area (TPSA) is 424 Å². The molecule has 0 aliphatic heterocycles. The van der Waals surface area contributed by atoms with E-state index < -0.39 is 11.9 Å². The molecule has 6 heterocycles. The van der Waals surface area contributed by atoms with Crippen molar-refractivity contribution >= 4 is 130 Å². The van der Waals surface area contributed by atoms with Crippen molar-refractivity contribution in [3.05, 3.63) is 296 Å². The molecule has 0 unspecified atom stereocenters. The van der Waals surface area contributed by atoms with Crippen molar-refractivity contribution in [2.75, 3.05) is 91.5 Å². The van der Waals surface area contributed by atoms with Crippen LogP contribution in [0.2, 0.25) is 0 Å². The van der Waals surface area contributed by atoms with Crippen molar-refractivity contribution in [1.82, 2.24) is 15.6 Å². The van der Waals surface area contributed by atoms with Gasteiger partial charge in [0.15, 0.2) is 35.2 Å². The van der Waals surface area contributed by atoms with E-state index in [0.29, 0.717) is 135 Å². The molecule has 0 bridgehead atoms. The van der Waals surface area contributed by atoms with Gasteiger partial charge < -0.3 is 104 Å². The Morgan fingerprint density at radius 2 is 0.539 bits per heavy atom. The van der Waals surface area contributed by atoms with E-state index in [2.05, 4.69) is 21.9 Å². The smallest absolute Gasteiger partial charge is 1.00 e. The van der Waals surface area contributed by atoms with E-state index in [0.717, 1.165) is 71.5 Å². The van der Waals surface area contributed by atoms with Crippen molar-refractivity contribution < 1.29 is 173 Å². The molecule has 18 rings (SSSR count). The predicted molar refractivity (Wildman–Crippen MR) is 535 cm³/mol. The standard InChI is InChI=1S/C19H19NO5.C18H16O4.C17H15NO5.C17H14O5.C16H12O4.C15H10O4.C2H7NO.CH3Cl.CH3.Al.2Li.4H/c1-20(24-4)19(21)16-11-15(23-3)9-13-10-17(25-18(13)16)12-5-7-14(22-2)8-6-12;1-11(19)16-10-15(21-3)8-13-9-17(22-18(13)16)12-4-6-14(20-2)7-5-12;1-18(22-2)17(21)14-9-13(20)7-11-8-15(23-16(11)14)10-3-5-12(19)6-4-10;1-20-12-5-3-10(4-6-12)15-8-11-7-13(21-2)9-14(17(18)19)16(11)22-15;1-9(17)14-8-13(19)6-11-7-15(20-16(11)14)10-2-4-12(18)5-3-10;16-8-11-6-13(18)5-10-7-14(19-15(10)11)9-1-3-12(17)4-2-9;1-3-4-2;1-2;;;;;;;;/h5-11H,1-4H3;4-10H,1-3H3;3-9,19-20H,1-2H3;3-9H,1-2H3,(H,18,19);2-8,18-19H,1H3;1-8,17-18H;3H,1-2H3;1H3;1H3;;;;;;;/q;;;;;;;;-1;;2*+1;;;;-1. The number of nitrogens with zero attached hydrogens (tertiary/aromatic N) is 2. The number of hydrogen-bond donors (Lipinski definition) is 8. The molecule has 8 N–H and O–H groups in total. The molecule has 31 nitrogen and oxygen atoms in total. The maximum atomic E-state index is 12.6. The van der Waals surface area contributed by atoms with E-state index in [1.807, 2.05) is 97.1 Å². The number of carbonyl (C=O) groups excluding carboxylic acids is 5. The summed E-state index contributed by atoms with van der Waals surface area (Å²) in [5, 5.41) is 72.7. The second kappa shape index (κ2) is 52.5. The van der Waals surface area contributed by atoms with Gasteiger partial charge in [-0.15, -0.1) is 11.6 Å². The van der Waals surface area contributed by atoms with Gasteiger partial charge in [0.25, 0.3) is 11.8 Å². The molecule has 6 aromatic heterocycles. The number of rotatable bonds is 21. The zero-order valence-electron chi connectivity index (χ0n) is 80.8.